The van der Waals surface area contributed by atoms with Crippen LogP contribution in [0.5, 0.6) is 0 Å². The van der Waals surface area contributed by atoms with Gasteiger partial charge < -0.3 is 10.6 Å². The Bertz CT molecular complexity index is 484. The highest BCUT2D eigenvalue weighted by Crippen LogP contribution is 2.35. The highest BCUT2D eigenvalue weighted by molar-refractivity contribution is 5.80. The van der Waals surface area contributed by atoms with E-state index in [0.717, 1.165) is 30.1 Å². The predicted octanol–water partition coefficient (Wildman–Crippen LogP) is 2.99. The number of rotatable bonds is 2. The van der Waals surface area contributed by atoms with Crippen LogP contribution >= 0.6 is 0 Å². The lowest BCUT2D eigenvalue weighted by atomic mass is 9.78. The second-order valence-corrected chi connectivity index (χ2v) is 6.22. The fraction of sp³-hybridized carbons (Fsp3) is 0.588. The number of para-hydroxylation sites is 1. The summed E-state index contributed by atoms with van der Waals surface area (Å²) in [4.78, 5) is 14.8. The first-order chi connectivity index (χ1) is 9.75. The number of carbonyl (C=O) groups excluding carboxylic acids is 1. The van der Waals surface area contributed by atoms with Crippen molar-refractivity contribution in [1.82, 2.24) is 4.90 Å². The summed E-state index contributed by atoms with van der Waals surface area (Å²) in [7, 11) is 0. The standard InChI is InChI=1S/C17H24N2O/c18-15-9-3-1-7-14(15)12-17(20)19-11-5-8-13-6-2-4-10-16(13)19/h1,3,7,9,13,16H,2,4-6,8,10-12,18H2. The molecule has 3 rings (SSSR count). The number of hydrogen-bond donors (Lipinski definition) is 1. The van der Waals surface area contributed by atoms with Crippen molar-refractivity contribution < 1.29 is 4.79 Å². The second kappa shape index (κ2) is 5.86. The Labute approximate surface area is 121 Å². The lowest BCUT2D eigenvalue weighted by molar-refractivity contribution is -0.136. The van der Waals surface area contributed by atoms with Crippen molar-refractivity contribution in [3.05, 3.63) is 29.8 Å². The average Bonchev–Trinajstić information content (AvgIpc) is 2.49. The van der Waals surface area contributed by atoms with Crippen molar-refractivity contribution in [2.75, 3.05) is 12.3 Å². The Morgan fingerprint density at radius 1 is 1.15 bits per heavy atom. The summed E-state index contributed by atoms with van der Waals surface area (Å²) in [5, 5.41) is 0. The van der Waals surface area contributed by atoms with Gasteiger partial charge in [-0.1, -0.05) is 31.0 Å². The number of nitrogen functional groups attached to an aromatic ring is 1. The number of anilines is 1. The van der Waals surface area contributed by atoms with Crippen LogP contribution in [0.15, 0.2) is 24.3 Å². The zero-order chi connectivity index (χ0) is 13.9. The molecule has 3 nitrogen and oxygen atoms in total. The molecule has 1 aliphatic heterocycles. The summed E-state index contributed by atoms with van der Waals surface area (Å²) in [6.07, 6.45) is 8.05. The quantitative estimate of drug-likeness (QED) is 0.841. The van der Waals surface area contributed by atoms with Crippen LogP contribution < -0.4 is 5.73 Å². The van der Waals surface area contributed by atoms with E-state index in [1.54, 1.807) is 0 Å². The number of carbonyl (C=O) groups is 1. The molecule has 1 heterocycles. The van der Waals surface area contributed by atoms with Gasteiger partial charge in [0.2, 0.25) is 5.91 Å². The van der Waals surface area contributed by atoms with Gasteiger partial charge in [-0.3, -0.25) is 4.79 Å². The summed E-state index contributed by atoms with van der Waals surface area (Å²) in [5.74, 6) is 1.01. The van der Waals surface area contributed by atoms with E-state index < -0.39 is 0 Å². The molecule has 0 bridgehead atoms. The van der Waals surface area contributed by atoms with Gasteiger partial charge in [-0.2, -0.15) is 0 Å². The van der Waals surface area contributed by atoms with Crippen LogP contribution in [0.4, 0.5) is 5.69 Å². The number of nitrogens with two attached hydrogens (primary N) is 1. The monoisotopic (exact) mass is 272 g/mol. The van der Waals surface area contributed by atoms with E-state index in [9.17, 15) is 4.79 Å². The Balaban J connectivity index is 1.71. The normalized spacial score (nSPS) is 26.1. The molecular weight excluding hydrogens is 248 g/mol. The Morgan fingerprint density at radius 2 is 1.90 bits per heavy atom. The Kier molecular flexibility index (Phi) is 3.95. The number of piperidine rings is 1. The molecule has 0 spiro atoms. The van der Waals surface area contributed by atoms with Crippen LogP contribution in [0.1, 0.15) is 44.1 Å². The lowest BCUT2D eigenvalue weighted by Gasteiger charge is -2.44. The molecule has 1 aromatic carbocycles. The van der Waals surface area contributed by atoms with Crippen LogP contribution in [0.2, 0.25) is 0 Å². The number of nitrogens with zero attached hydrogens (tertiary/aromatic N) is 1. The Hall–Kier alpha value is -1.51. The highest BCUT2D eigenvalue weighted by atomic mass is 16.2. The third kappa shape index (κ3) is 2.67. The second-order valence-electron chi connectivity index (χ2n) is 6.22. The summed E-state index contributed by atoms with van der Waals surface area (Å²) < 4.78 is 0. The van der Waals surface area contributed by atoms with Gasteiger partial charge in [0.05, 0.1) is 6.42 Å². The molecule has 108 valence electrons. The average molecular weight is 272 g/mol. The van der Waals surface area contributed by atoms with Gasteiger partial charge >= 0.3 is 0 Å². The molecule has 1 amide bonds. The Morgan fingerprint density at radius 3 is 2.75 bits per heavy atom. The van der Waals surface area contributed by atoms with E-state index in [1.807, 2.05) is 24.3 Å². The third-order valence-corrected chi connectivity index (χ3v) is 4.96. The fourth-order valence-corrected chi connectivity index (χ4v) is 3.89. The molecule has 0 aromatic heterocycles. The zero-order valence-electron chi connectivity index (χ0n) is 12.1. The number of likely N-dealkylation sites (tertiary alicyclic amines) is 1. The van der Waals surface area contributed by atoms with Crippen LogP contribution in [0, 0.1) is 5.92 Å². The van der Waals surface area contributed by atoms with Crippen molar-refractivity contribution in [2.45, 2.75) is 51.0 Å². The first-order valence-electron chi connectivity index (χ1n) is 7.88. The molecule has 3 heteroatoms. The summed E-state index contributed by atoms with van der Waals surface area (Å²) in [5.41, 5.74) is 7.66. The zero-order valence-corrected chi connectivity index (χ0v) is 12.1. The van der Waals surface area contributed by atoms with Crippen molar-refractivity contribution in [3.63, 3.8) is 0 Å². The fourth-order valence-electron chi connectivity index (χ4n) is 3.89. The van der Waals surface area contributed by atoms with E-state index in [0.29, 0.717) is 12.5 Å². The molecule has 20 heavy (non-hydrogen) atoms. The number of hydrogen-bond acceptors (Lipinski definition) is 2. The van der Waals surface area contributed by atoms with Gasteiger partial charge in [0, 0.05) is 18.3 Å². The number of fused-ring (bicyclic) bond motifs is 1. The van der Waals surface area contributed by atoms with Crippen molar-refractivity contribution in [2.24, 2.45) is 5.92 Å². The molecule has 1 aromatic rings. The third-order valence-electron chi connectivity index (χ3n) is 4.96. The SMILES string of the molecule is Nc1ccccc1CC(=O)N1CCCC2CCCCC21. The van der Waals surface area contributed by atoms with Crippen molar-refractivity contribution >= 4 is 11.6 Å². The van der Waals surface area contributed by atoms with Gasteiger partial charge in [0.15, 0.2) is 0 Å². The maximum absolute atomic E-state index is 12.6. The van der Waals surface area contributed by atoms with Crippen LogP contribution in [0.25, 0.3) is 0 Å². The van der Waals surface area contributed by atoms with Gasteiger partial charge in [-0.25, -0.2) is 0 Å². The first kappa shape index (κ1) is 13.5. The van der Waals surface area contributed by atoms with Crippen molar-refractivity contribution in [3.8, 4) is 0 Å². The lowest BCUT2D eigenvalue weighted by Crippen LogP contribution is -2.50. The molecule has 2 atom stereocenters. The maximum atomic E-state index is 12.6. The molecule has 2 N–H and O–H groups in total. The van der Waals surface area contributed by atoms with E-state index in [4.69, 9.17) is 5.73 Å². The summed E-state index contributed by atoms with van der Waals surface area (Å²) in [6, 6.07) is 8.22. The van der Waals surface area contributed by atoms with Crippen LogP contribution in [-0.2, 0) is 11.2 Å². The first-order valence-corrected chi connectivity index (χ1v) is 7.88. The van der Waals surface area contributed by atoms with E-state index >= 15 is 0 Å². The molecular formula is C17H24N2O. The maximum Gasteiger partial charge on any atom is 0.227 e. The van der Waals surface area contributed by atoms with Gasteiger partial charge in [-0.05, 0) is 43.2 Å². The minimum absolute atomic E-state index is 0.263. The predicted molar refractivity (Wildman–Crippen MR) is 81.3 cm³/mol. The molecule has 2 unspecified atom stereocenters. The molecule has 1 aliphatic carbocycles. The summed E-state index contributed by atoms with van der Waals surface area (Å²) >= 11 is 0. The van der Waals surface area contributed by atoms with E-state index in [1.165, 1.54) is 32.1 Å². The summed E-state index contributed by atoms with van der Waals surface area (Å²) in [6.45, 7) is 0.937. The van der Waals surface area contributed by atoms with E-state index in [2.05, 4.69) is 4.90 Å². The van der Waals surface area contributed by atoms with Gasteiger partial charge in [0.25, 0.3) is 0 Å². The minimum atomic E-state index is 0.263. The highest BCUT2D eigenvalue weighted by Gasteiger charge is 2.35. The number of benzene rings is 1. The largest absolute Gasteiger partial charge is 0.398 e. The number of amides is 1. The molecule has 2 fully saturated rings. The van der Waals surface area contributed by atoms with Crippen LogP contribution in [-0.4, -0.2) is 23.4 Å². The molecule has 2 aliphatic rings. The van der Waals surface area contributed by atoms with Crippen LogP contribution in [0.3, 0.4) is 0 Å². The molecule has 1 saturated heterocycles. The van der Waals surface area contributed by atoms with Gasteiger partial charge in [0.1, 0.15) is 0 Å². The minimum Gasteiger partial charge on any atom is -0.398 e. The van der Waals surface area contributed by atoms with Gasteiger partial charge in [-0.15, -0.1) is 0 Å². The van der Waals surface area contributed by atoms with Crippen molar-refractivity contribution in [1.29, 1.82) is 0 Å². The topological polar surface area (TPSA) is 46.3 Å². The molecule has 0 radical (unpaired) electrons. The van der Waals surface area contributed by atoms with E-state index in [-0.39, 0.29) is 5.91 Å². The molecule has 1 saturated carbocycles. The smallest absolute Gasteiger partial charge is 0.227 e.